The summed E-state index contributed by atoms with van der Waals surface area (Å²) in [6, 6.07) is 2.83. The Balaban J connectivity index is 3.33. The van der Waals surface area contributed by atoms with Crippen LogP contribution in [0.5, 0.6) is 0 Å². The molecule has 66 valence electrons. The van der Waals surface area contributed by atoms with Gasteiger partial charge >= 0.3 is 0 Å². The van der Waals surface area contributed by atoms with Crippen LogP contribution in [0.15, 0.2) is 12.1 Å². The number of nitrogen functional groups attached to an aromatic ring is 2. The van der Waals surface area contributed by atoms with Crippen molar-refractivity contribution < 1.29 is 4.39 Å². The van der Waals surface area contributed by atoms with Crippen LogP contribution < -0.4 is 11.5 Å². The number of nitrogens with two attached hydrogens (primary N) is 2. The zero-order chi connectivity index (χ0) is 9.30. The summed E-state index contributed by atoms with van der Waals surface area (Å²) >= 11 is 0. The molecule has 0 heterocycles. The molecule has 0 fully saturated rings. The summed E-state index contributed by atoms with van der Waals surface area (Å²) in [5.41, 5.74) is 12.5. The largest absolute Gasteiger partial charge is 0.397 e. The molecule has 3 heteroatoms. The lowest BCUT2D eigenvalue weighted by molar-refractivity contribution is 0.600. The monoisotopic (exact) mass is 168 g/mol. The van der Waals surface area contributed by atoms with Crippen LogP contribution in [0, 0.1) is 5.82 Å². The standard InChI is InChI=1S/C9H13FN2/c1-5(2)8-6(10)3-4-7(11)9(8)12/h3-5H,11-12H2,1-2H3. The van der Waals surface area contributed by atoms with Gasteiger partial charge in [-0.1, -0.05) is 13.8 Å². The second-order valence-electron chi connectivity index (χ2n) is 3.12. The SMILES string of the molecule is CC(C)c1c(F)ccc(N)c1N. The maximum Gasteiger partial charge on any atom is 0.128 e. The molecule has 1 rings (SSSR count). The lowest BCUT2D eigenvalue weighted by atomic mass is 10.00. The van der Waals surface area contributed by atoms with Gasteiger partial charge in [-0.3, -0.25) is 0 Å². The van der Waals surface area contributed by atoms with Crippen molar-refractivity contribution in [2.45, 2.75) is 19.8 Å². The molecular weight excluding hydrogens is 155 g/mol. The lowest BCUT2D eigenvalue weighted by Gasteiger charge is -2.11. The molecule has 0 amide bonds. The summed E-state index contributed by atoms with van der Waals surface area (Å²) in [5.74, 6) is -0.217. The minimum absolute atomic E-state index is 0.0634. The van der Waals surface area contributed by atoms with E-state index in [9.17, 15) is 4.39 Å². The minimum atomic E-state index is -0.281. The van der Waals surface area contributed by atoms with Crippen molar-refractivity contribution in [2.75, 3.05) is 11.5 Å². The Hall–Kier alpha value is -1.25. The highest BCUT2D eigenvalue weighted by Crippen LogP contribution is 2.29. The van der Waals surface area contributed by atoms with E-state index < -0.39 is 0 Å². The van der Waals surface area contributed by atoms with Crippen LogP contribution in [-0.4, -0.2) is 0 Å². The normalized spacial score (nSPS) is 10.7. The van der Waals surface area contributed by atoms with Crippen molar-refractivity contribution in [3.05, 3.63) is 23.5 Å². The van der Waals surface area contributed by atoms with Crippen LogP contribution >= 0.6 is 0 Å². The molecule has 0 spiro atoms. The van der Waals surface area contributed by atoms with E-state index in [0.29, 0.717) is 16.9 Å². The average Bonchev–Trinajstić information content (AvgIpc) is 1.97. The molecule has 0 aliphatic rings. The van der Waals surface area contributed by atoms with Crippen molar-refractivity contribution >= 4 is 11.4 Å². The third-order valence-electron chi connectivity index (χ3n) is 1.85. The molecule has 4 N–H and O–H groups in total. The van der Waals surface area contributed by atoms with E-state index in [0.717, 1.165) is 0 Å². The number of hydrogen-bond donors (Lipinski definition) is 2. The molecule has 12 heavy (non-hydrogen) atoms. The summed E-state index contributed by atoms with van der Waals surface area (Å²) in [5, 5.41) is 0. The van der Waals surface area contributed by atoms with E-state index in [1.54, 1.807) is 0 Å². The smallest absolute Gasteiger partial charge is 0.128 e. The number of hydrogen-bond acceptors (Lipinski definition) is 2. The van der Waals surface area contributed by atoms with Crippen molar-refractivity contribution in [1.82, 2.24) is 0 Å². The average molecular weight is 168 g/mol. The van der Waals surface area contributed by atoms with Crippen molar-refractivity contribution in [2.24, 2.45) is 0 Å². The first-order valence-electron chi connectivity index (χ1n) is 3.87. The van der Waals surface area contributed by atoms with E-state index >= 15 is 0 Å². The number of rotatable bonds is 1. The number of halogens is 1. The van der Waals surface area contributed by atoms with Gasteiger partial charge in [0.05, 0.1) is 11.4 Å². The van der Waals surface area contributed by atoms with Gasteiger partial charge < -0.3 is 11.5 Å². The van der Waals surface area contributed by atoms with E-state index in [-0.39, 0.29) is 11.7 Å². The molecule has 1 aromatic carbocycles. The van der Waals surface area contributed by atoms with Gasteiger partial charge in [-0.15, -0.1) is 0 Å². The number of anilines is 2. The van der Waals surface area contributed by atoms with Crippen molar-refractivity contribution in [3.8, 4) is 0 Å². The van der Waals surface area contributed by atoms with Gasteiger partial charge in [-0.05, 0) is 18.1 Å². The maximum absolute atomic E-state index is 13.1. The second kappa shape index (κ2) is 3.01. The van der Waals surface area contributed by atoms with Crippen LogP contribution in [0.1, 0.15) is 25.3 Å². The summed E-state index contributed by atoms with van der Waals surface area (Å²) in [6.07, 6.45) is 0. The maximum atomic E-state index is 13.1. The van der Waals surface area contributed by atoms with E-state index in [2.05, 4.69) is 0 Å². The van der Waals surface area contributed by atoms with E-state index in [1.165, 1.54) is 12.1 Å². The molecule has 1 aromatic rings. The Morgan fingerprint density at radius 2 is 1.83 bits per heavy atom. The van der Waals surface area contributed by atoms with Crippen molar-refractivity contribution in [1.29, 1.82) is 0 Å². The summed E-state index contributed by atoms with van der Waals surface area (Å²) in [4.78, 5) is 0. The molecule has 0 aliphatic heterocycles. The quantitative estimate of drug-likeness (QED) is 0.631. The number of benzene rings is 1. The van der Waals surface area contributed by atoms with Crippen LogP contribution in [0.2, 0.25) is 0 Å². The zero-order valence-electron chi connectivity index (χ0n) is 7.26. The summed E-state index contributed by atoms with van der Waals surface area (Å²) in [7, 11) is 0. The summed E-state index contributed by atoms with van der Waals surface area (Å²) in [6.45, 7) is 3.77. The van der Waals surface area contributed by atoms with Crippen LogP contribution in [0.4, 0.5) is 15.8 Å². The third kappa shape index (κ3) is 1.35. The Labute approximate surface area is 71.4 Å². The highest BCUT2D eigenvalue weighted by atomic mass is 19.1. The predicted molar refractivity (Wildman–Crippen MR) is 49.3 cm³/mol. The fourth-order valence-corrected chi connectivity index (χ4v) is 1.21. The molecule has 0 aliphatic carbocycles. The van der Waals surface area contributed by atoms with Crippen LogP contribution in [-0.2, 0) is 0 Å². The molecule has 0 unspecified atom stereocenters. The molecule has 0 radical (unpaired) electrons. The lowest BCUT2D eigenvalue weighted by Crippen LogP contribution is -2.03. The van der Waals surface area contributed by atoms with Gasteiger partial charge in [-0.25, -0.2) is 4.39 Å². The highest BCUT2D eigenvalue weighted by Gasteiger charge is 2.11. The highest BCUT2D eigenvalue weighted by molar-refractivity contribution is 5.68. The fraction of sp³-hybridized carbons (Fsp3) is 0.333. The van der Waals surface area contributed by atoms with Gasteiger partial charge in [-0.2, -0.15) is 0 Å². The first-order valence-corrected chi connectivity index (χ1v) is 3.87. The Kier molecular flexibility index (Phi) is 2.22. The van der Waals surface area contributed by atoms with Crippen LogP contribution in [0.25, 0.3) is 0 Å². The molecule has 0 bridgehead atoms. The van der Waals surface area contributed by atoms with Crippen LogP contribution in [0.3, 0.4) is 0 Å². The first-order chi connectivity index (χ1) is 5.54. The van der Waals surface area contributed by atoms with Gasteiger partial charge in [0.2, 0.25) is 0 Å². The molecule has 0 saturated heterocycles. The van der Waals surface area contributed by atoms with E-state index in [4.69, 9.17) is 11.5 Å². The minimum Gasteiger partial charge on any atom is -0.397 e. The fourth-order valence-electron chi connectivity index (χ4n) is 1.21. The van der Waals surface area contributed by atoms with Gasteiger partial charge in [0.15, 0.2) is 0 Å². The summed E-state index contributed by atoms with van der Waals surface area (Å²) < 4.78 is 13.1. The second-order valence-corrected chi connectivity index (χ2v) is 3.12. The predicted octanol–water partition coefficient (Wildman–Crippen LogP) is 2.11. The third-order valence-corrected chi connectivity index (χ3v) is 1.85. The Morgan fingerprint density at radius 1 is 1.25 bits per heavy atom. The molecule has 2 nitrogen and oxygen atoms in total. The van der Waals surface area contributed by atoms with Crippen molar-refractivity contribution in [3.63, 3.8) is 0 Å². The van der Waals surface area contributed by atoms with Gasteiger partial charge in [0.1, 0.15) is 5.82 Å². The topological polar surface area (TPSA) is 52.0 Å². The van der Waals surface area contributed by atoms with Gasteiger partial charge in [0, 0.05) is 5.56 Å². The zero-order valence-corrected chi connectivity index (χ0v) is 7.26. The molecule has 0 atom stereocenters. The Morgan fingerprint density at radius 3 is 2.25 bits per heavy atom. The van der Waals surface area contributed by atoms with Gasteiger partial charge in [0.25, 0.3) is 0 Å². The first kappa shape index (κ1) is 8.84. The molecular formula is C9H13FN2. The Bertz CT molecular complexity index is 295. The molecule has 0 saturated carbocycles. The molecule has 0 aromatic heterocycles. The van der Waals surface area contributed by atoms with E-state index in [1.807, 2.05) is 13.8 Å².